The lowest BCUT2D eigenvalue weighted by Gasteiger charge is -2.11. The Labute approximate surface area is 99.4 Å². The number of hydrogen-bond donors (Lipinski definition) is 4. The van der Waals surface area contributed by atoms with Gasteiger partial charge in [-0.05, 0) is 24.5 Å². The van der Waals surface area contributed by atoms with Crippen LogP contribution in [-0.4, -0.2) is 41.7 Å². The lowest BCUT2D eigenvalue weighted by Crippen LogP contribution is -2.40. The van der Waals surface area contributed by atoms with Crippen LogP contribution in [0.5, 0.6) is 0 Å². The van der Waals surface area contributed by atoms with E-state index in [4.69, 9.17) is 10.8 Å². The van der Waals surface area contributed by atoms with E-state index in [0.717, 1.165) is 11.8 Å². The van der Waals surface area contributed by atoms with Crippen LogP contribution >= 0.6 is 11.8 Å². The summed E-state index contributed by atoms with van der Waals surface area (Å²) in [5.74, 6) is -0.473. The van der Waals surface area contributed by atoms with E-state index in [1.54, 1.807) is 11.8 Å². The van der Waals surface area contributed by atoms with Crippen LogP contribution in [0, 0.1) is 0 Å². The van der Waals surface area contributed by atoms with Crippen molar-refractivity contribution >= 4 is 23.6 Å². The molecule has 7 heteroatoms. The van der Waals surface area contributed by atoms with E-state index in [1.165, 1.54) is 0 Å². The third kappa shape index (κ3) is 12.9. The highest BCUT2D eigenvalue weighted by molar-refractivity contribution is 7.98. The molecule has 0 saturated heterocycles. The molecule has 0 radical (unpaired) electrons. The first-order valence-corrected chi connectivity index (χ1v) is 5.96. The number of primary amides is 1. The summed E-state index contributed by atoms with van der Waals surface area (Å²) in [5.41, 5.74) is 9.69. The Morgan fingerprint density at radius 1 is 1.62 bits per heavy atom. The van der Waals surface area contributed by atoms with Crippen molar-refractivity contribution in [1.29, 1.82) is 0 Å². The van der Waals surface area contributed by atoms with Crippen molar-refractivity contribution in [2.45, 2.75) is 12.5 Å². The number of carbonyl (C=O) groups is 2. The molecule has 6 nitrogen and oxygen atoms in total. The average molecular weight is 249 g/mol. The molecule has 0 rings (SSSR count). The Balaban J connectivity index is 0. The molecule has 1 amide bonds. The molecule has 0 aliphatic carbocycles. The maximum atomic E-state index is 10.5. The van der Waals surface area contributed by atoms with Gasteiger partial charge in [0.05, 0.1) is 0 Å². The minimum atomic E-state index is -0.829. The van der Waals surface area contributed by atoms with Crippen molar-refractivity contribution in [2.24, 2.45) is 11.5 Å². The van der Waals surface area contributed by atoms with Gasteiger partial charge in [-0.3, -0.25) is 14.9 Å². The number of amides is 1. The van der Waals surface area contributed by atoms with E-state index in [9.17, 15) is 9.59 Å². The number of hydrogen-bond acceptors (Lipinski definition) is 5. The normalized spacial score (nSPS) is 10.9. The fourth-order valence-corrected chi connectivity index (χ4v) is 1.16. The minimum absolute atomic E-state index is 0.214. The maximum Gasteiger partial charge on any atom is 0.320 e. The standard InChI is InChI=1S/C6H14N2O2S.C3H5NO/c1-11-3-2-5(6(9)10)8-4-7;1-2-3(4)5/h5,8H,2-4,7H2,1H3,(H,9,10);2H,1H2,(H2,4,5)/t5-;/m0./s1. The molecule has 0 spiro atoms. The Kier molecular flexibility index (Phi) is 13.0. The first-order valence-electron chi connectivity index (χ1n) is 4.56. The summed E-state index contributed by atoms with van der Waals surface area (Å²) in [5, 5.41) is 11.3. The average Bonchev–Trinajstić information content (AvgIpc) is 2.24. The van der Waals surface area contributed by atoms with Crippen LogP contribution in [0.25, 0.3) is 0 Å². The zero-order chi connectivity index (χ0) is 13.0. The molecular formula is C9H19N3O3S. The molecular weight excluding hydrogens is 230 g/mol. The van der Waals surface area contributed by atoms with Gasteiger partial charge >= 0.3 is 5.97 Å². The fraction of sp³-hybridized carbons (Fsp3) is 0.556. The highest BCUT2D eigenvalue weighted by Crippen LogP contribution is 1.99. The molecule has 0 fully saturated rings. The minimum Gasteiger partial charge on any atom is -0.480 e. The van der Waals surface area contributed by atoms with Gasteiger partial charge in [0.15, 0.2) is 0 Å². The van der Waals surface area contributed by atoms with Crippen molar-refractivity contribution < 1.29 is 14.7 Å². The molecule has 16 heavy (non-hydrogen) atoms. The molecule has 0 unspecified atom stereocenters. The van der Waals surface area contributed by atoms with Gasteiger partial charge in [-0.25, -0.2) is 0 Å². The van der Waals surface area contributed by atoms with Crippen LogP contribution in [0.1, 0.15) is 6.42 Å². The molecule has 0 aromatic rings. The van der Waals surface area contributed by atoms with E-state index in [0.29, 0.717) is 6.42 Å². The predicted molar refractivity (Wildman–Crippen MR) is 66.0 cm³/mol. The molecule has 0 aliphatic rings. The summed E-state index contributed by atoms with van der Waals surface area (Å²) in [6, 6.07) is -0.493. The highest BCUT2D eigenvalue weighted by atomic mass is 32.2. The number of nitrogens with two attached hydrogens (primary N) is 2. The molecule has 94 valence electrons. The van der Waals surface area contributed by atoms with Crippen LogP contribution in [-0.2, 0) is 9.59 Å². The predicted octanol–water partition coefficient (Wildman–Crippen LogP) is -0.644. The van der Waals surface area contributed by atoms with E-state index in [-0.39, 0.29) is 6.67 Å². The van der Waals surface area contributed by atoms with Crippen molar-refractivity contribution in [2.75, 3.05) is 18.7 Å². The second-order valence-electron chi connectivity index (χ2n) is 2.69. The van der Waals surface area contributed by atoms with Gasteiger partial charge < -0.3 is 16.6 Å². The largest absolute Gasteiger partial charge is 0.480 e. The lowest BCUT2D eigenvalue weighted by molar-refractivity contribution is -0.139. The number of aliphatic carboxylic acids is 1. The van der Waals surface area contributed by atoms with Gasteiger partial charge in [-0.15, -0.1) is 0 Å². The van der Waals surface area contributed by atoms with E-state index in [1.807, 2.05) is 6.26 Å². The molecule has 0 bridgehead atoms. The summed E-state index contributed by atoms with van der Waals surface area (Å²) < 4.78 is 0. The van der Waals surface area contributed by atoms with Crippen molar-refractivity contribution in [3.8, 4) is 0 Å². The van der Waals surface area contributed by atoms with Crippen LogP contribution in [0.15, 0.2) is 12.7 Å². The number of thioether (sulfide) groups is 1. The number of carboxylic acid groups (broad SMARTS) is 1. The van der Waals surface area contributed by atoms with Crippen molar-refractivity contribution in [3.63, 3.8) is 0 Å². The van der Waals surface area contributed by atoms with Gasteiger partial charge in [0.1, 0.15) is 6.04 Å². The molecule has 0 heterocycles. The third-order valence-electron chi connectivity index (χ3n) is 1.47. The molecule has 0 aromatic carbocycles. The second kappa shape index (κ2) is 12.0. The Morgan fingerprint density at radius 2 is 2.12 bits per heavy atom. The molecule has 0 saturated carbocycles. The first kappa shape index (κ1) is 17.3. The van der Waals surface area contributed by atoms with Crippen molar-refractivity contribution in [1.82, 2.24) is 5.32 Å². The van der Waals surface area contributed by atoms with E-state index < -0.39 is 17.9 Å². The zero-order valence-electron chi connectivity index (χ0n) is 9.31. The topological polar surface area (TPSA) is 118 Å². The first-order chi connectivity index (χ1) is 7.49. The van der Waals surface area contributed by atoms with Crippen LogP contribution in [0.4, 0.5) is 0 Å². The summed E-state index contributed by atoms with van der Waals surface area (Å²) in [4.78, 5) is 19.9. The second-order valence-corrected chi connectivity index (χ2v) is 3.67. The molecule has 6 N–H and O–H groups in total. The van der Waals surface area contributed by atoms with Gasteiger partial charge in [-0.2, -0.15) is 11.8 Å². The third-order valence-corrected chi connectivity index (χ3v) is 2.12. The maximum absolute atomic E-state index is 10.5. The number of nitrogens with one attached hydrogen (secondary N) is 1. The SMILES string of the molecule is C=CC(N)=O.CSCC[C@H](NCN)C(=O)O. The Morgan fingerprint density at radius 3 is 2.38 bits per heavy atom. The number of rotatable bonds is 7. The zero-order valence-corrected chi connectivity index (χ0v) is 10.1. The van der Waals surface area contributed by atoms with Crippen LogP contribution < -0.4 is 16.8 Å². The molecule has 0 aromatic heterocycles. The number of carboxylic acids is 1. The summed E-state index contributed by atoms with van der Waals surface area (Å²) in [6.45, 7) is 3.30. The van der Waals surface area contributed by atoms with Crippen LogP contribution in [0.3, 0.4) is 0 Å². The fourth-order valence-electron chi connectivity index (χ4n) is 0.691. The van der Waals surface area contributed by atoms with E-state index in [2.05, 4.69) is 17.6 Å². The monoisotopic (exact) mass is 249 g/mol. The smallest absolute Gasteiger partial charge is 0.320 e. The van der Waals surface area contributed by atoms with Gasteiger partial charge in [0, 0.05) is 6.67 Å². The van der Waals surface area contributed by atoms with Gasteiger partial charge in [0.2, 0.25) is 5.91 Å². The molecule has 0 aliphatic heterocycles. The lowest BCUT2D eigenvalue weighted by atomic mass is 10.2. The Bertz CT molecular complexity index is 224. The number of carbonyl (C=O) groups excluding carboxylic acids is 1. The Hall–Kier alpha value is -1.05. The van der Waals surface area contributed by atoms with Crippen molar-refractivity contribution in [3.05, 3.63) is 12.7 Å². The van der Waals surface area contributed by atoms with E-state index >= 15 is 0 Å². The molecule has 1 atom stereocenters. The summed E-state index contributed by atoms with van der Waals surface area (Å²) in [7, 11) is 0. The van der Waals surface area contributed by atoms with Gasteiger partial charge in [-0.1, -0.05) is 6.58 Å². The quantitative estimate of drug-likeness (QED) is 0.352. The van der Waals surface area contributed by atoms with Gasteiger partial charge in [0.25, 0.3) is 0 Å². The highest BCUT2D eigenvalue weighted by Gasteiger charge is 2.14. The van der Waals surface area contributed by atoms with Crippen LogP contribution in [0.2, 0.25) is 0 Å². The summed E-state index contributed by atoms with van der Waals surface area (Å²) >= 11 is 1.63. The summed E-state index contributed by atoms with van der Waals surface area (Å²) in [6.07, 6.45) is 3.62.